The van der Waals surface area contributed by atoms with Crippen LogP contribution >= 0.6 is 0 Å². The molecule has 0 heterocycles. The zero-order valence-corrected chi connectivity index (χ0v) is 12.2. The number of nitriles is 1. The predicted octanol–water partition coefficient (Wildman–Crippen LogP) is 2.43. The molecule has 0 bridgehead atoms. The fourth-order valence-corrected chi connectivity index (χ4v) is 1.32. The molecule has 1 rings (SSSR count). The Labute approximate surface area is 115 Å². The summed E-state index contributed by atoms with van der Waals surface area (Å²) in [7, 11) is 5.41. The molecule has 0 saturated carbocycles. The highest BCUT2D eigenvalue weighted by molar-refractivity contribution is 6.01. The molecule has 0 aliphatic carbocycles. The Hall–Kier alpha value is -2.28. The molecule has 1 amide bonds. The van der Waals surface area contributed by atoms with Gasteiger partial charge in [-0.05, 0) is 23.8 Å². The molecule has 4 nitrogen and oxygen atoms in total. The lowest BCUT2D eigenvalue weighted by Crippen LogP contribution is -2.19. The quantitative estimate of drug-likeness (QED) is 0.670. The second-order valence-corrected chi connectivity index (χ2v) is 3.73. The van der Waals surface area contributed by atoms with Gasteiger partial charge in [0, 0.05) is 26.8 Å². The van der Waals surface area contributed by atoms with Gasteiger partial charge >= 0.3 is 0 Å². The van der Waals surface area contributed by atoms with E-state index in [1.54, 1.807) is 6.08 Å². The van der Waals surface area contributed by atoms with Crippen LogP contribution in [0.3, 0.4) is 0 Å². The molecule has 0 atom stereocenters. The highest BCUT2D eigenvalue weighted by atomic mass is 16.1. The Balaban J connectivity index is 0.00000154. The molecule has 1 N–H and O–H groups in total. The van der Waals surface area contributed by atoms with Gasteiger partial charge in [0.1, 0.15) is 11.6 Å². The fraction of sp³-hybridized carbons (Fsp3) is 0.333. The van der Waals surface area contributed by atoms with Crippen molar-refractivity contribution in [3.8, 4) is 6.07 Å². The lowest BCUT2D eigenvalue weighted by atomic mass is 10.1. The number of nitrogens with zero attached hydrogens (tertiary/aromatic N) is 2. The minimum Gasteiger partial charge on any atom is -0.378 e. The van der Waals surface area contributed by atoms with Crippen molar-refractivity contribution < 1.29 is 4.79 Å². The highest BCUT2D eigenvalue weighted by Crippen LogP contribution is 2.14. The number of carbonyl (C=O) groups is 1. The van der Waals surface area contributed by atoms with Crippen LogP contribution in [0.15, 0.2) is 29.8 Å². The lowest BCUT2D eigenvalue weighted by Gasteiger charge is -2.11. The molecule has 102 valence electrons. The van der Waals surface area contributed by atoms with E-state index in [4.69, 9.17) is 5.26 Å². The van der Waals surface area contributed by atoms with E-state index in [-0.39, 0.29) is 11.5 Å². The maximum atomic E-state index is 11.3. The molecule has 0 radical (unpaired) electrons. The van der Waals surface area contributed by atoms with Crippen molar-refractivity contribution in [2.75, 3.05) is 26.0 Å². The molecule has 1 aromatic carbocycles. The summed E-state index contributed by atoms with van der Waals surface area (Å²) in [5, 5.41) is 11.3. The average Bonchev–Trinajstić information content (AvgIpc) is 2.46. The summed E-state index contributed by atoms with van der Waals surface area (Å²) in [6.07, 6.45) is 1.57. The standard InChI is InChI=1S/C13H15N3O.C2H6/c1-15-13(17)11(9-14)8-10-4-6-12(7-5-10)16(2)3;1-2/h4-8H,1-3H3,(H,15,17);1-2H3/b11-8+;. The number of nitrogens with one attached hydrogen (secondary N) is 1. The summed E-state index contributed by atoms with van der Waals surface area (Å²) in [5.41, 5.74) is 2.00. The van der Waals surface area contributed by atoms with Gasteiger partial charge in [-0.3, -0.25) is 4.79 Å². The molecule has 1 aromatic rings. The maximum Gasteiger partial charge on any atom is 0.261 e. The Morgan fingerprint density at radius 1 is 1.26 bits per heavy atom. The van der Waals surface area contributed by atoms with Crippen molar-refractivity contribution in [3.63, 3.8) is 0 Å². The van der Waals surface area contributed by atoms with Crippen molar-refractivity contribution >= 4 is 17.7 Å². The molecule has 0 aliphatic heterocycles. The largest absolute Gasteiger partial charge is 0.378 e. The number of anilines is 1. The zero-order chi connectivity index (χ0) is 14.8. The van der Waals surface area contributed by atoms with E-state index in [0.717, 1.165) is 11.3 Å². The van der Waals surface area contributed by atoms with Crippen LogP contribution in [0.25, 0.3) is 6.08 Å². The number of carbonyl (C=O) groups excluding carboxylic acids is 1. The van der Waals surface area contributed by atoms with Crippen molar-refractivity contribution in [2.24, 2.45) is 0 Å². The van der Waals surface area contributed by atoms with Gasteiger partial charge in [0.2, 0.25) is 0 Å². The van der Waals surface area contributed by atoms with Gasteiger partial charge in [0.25, 0.3) is 5.91 Å². The number of hydrogen-bond donors (Lipinski definition) is 1. The van der Waals surface area contributed by atoms with Crippen molar-refractivity contribution in [2.45, 2.75) is 13.8 Å². The second-order valence-electron chi connectivity index (χ2n) is 3.73. The summed E-state index contributed by atoms with van der Waals surface area (Å²) < 4.78 is 0. The van der Waals surface area contributed by atoms with Crippen LogP contribution in [0.1, 0.15) is 19.4 Å². The third-order valence-electron chi connectivity index (χ3n) is 2.31. The van der Waals surface area contributed by atoms with Gasteiger partial charge in [0.05, 0.1) is 0 Å². The van der Waals surface area contributed by atoms with E-state index in [0.29, 0.717) is 0 Å². The molecule has 0 saturated heterocycles. The second kappa shape index (κ2) is 8.76. The summed E-state index contributed by atoms with van der Waals surface area (Å²) >= 11 is 0. The van der Waals surface area contributed by atoms with E-state index in [1.165, 1.54) is 7.05 Å². The average molecular weight is 259 g/mol. The number of rotatable bonds is 3. The Kier molecular flexibility index (Phi) is 7.71. The number of likely N-dealkylation sites (N-methyl/N-ethyl adjacent to an activating group) is 1. The molecule has 0 aromatic heterocycles. The predicted molar refractivity (Wildman–Crippen MR) is 79.8 cm³/mol. The normalized spacial score (nSPS) is 9.79. The smallest absolute Gasteiger partial charge is 0.261 e. The van der Waals surface area contributed by atoms with Crippen molar-refractivity contribution in [1.82, 2.24) is 5.32 Å². The molecule has 19 heavy (non-hydrogen) atoms. The Morgan fingerprint density at radius 3 is 2.16 bits per heavy atom. The number of benzene rings is 1. The van der Waals surface area contributed by atoms with Gasteiger partial charge in [-0.25, -0.2) is 0 Å². The molecule has 4 heteroatoms. The minimum atomic E-state index is -0.371. The third kappa shape index (κ3) is 5.26. The van der Waals surface area contributed by atoms with Gasteiger partial charge in [-0.15, -0.1) is 0 Å². The number of amides is 1. The number of hydrogen-bond acceptors (Lipinski definition) is 3. The summed E-state index contributed by atoms with van der Waals surface area (Å²) in [6, 6.07) is 9.49. The molecule has 0 fully saturated rings. The minimum absolute atomic E-state index is 0.102. The first-order valence-corrected chi connectivity index (χ1v) is 6.19. The Morgan fingerprint density at radius 2 is 1.79 bits per heavy atom. The van der Waals surface area contributed by atoms with Crippen LogP contribution in [0.4, 0.5) is 5.69 Å². The van der Waals surface area contributed by atoms with Crippen LogP contribution in [0.2, 0.25) is 0 Å². The van der Waals surface area contributed by atoms with E-state index < -0.39 is 0 Å². The first kappa shape index (κ1) is 16.7. The summed E-state index contributed by atoms with van der Waals surface area (Å²) in [6.45, 7) is 4.00. The SMILES string of the molecule is CC.CNC(=O)/C(C#N)=C/c1ccc(N(C)C)cc1. The van der Waals surface area contributed by atoms with Crippen LogP contribution in [0, 0.1) is 11.3 Å². The van der Waals surface area contributed by atoms with Crippen LogP contribution in [-0.2, 0) is 4.79 Å². The zero-order valence-electron chi connectivity index (χ0n) is 12.2. The van der Waals surface area contributed by atoms with E-state index in [9.17, 15) is 4.79 Å². The first-order valence-electron chi connectivity index (χ1n) is 6.19. The van der Waals surface area contributed by atoms with E-state index >= 15 is 0 Å². The fourth-order valence-electron chi connectivity index (χ4n) is 1.32. The first-order chi connectivity index (χ1) is 9.08. The molecule has 0 aliphatic rings. The van der Waals surface area contributed by atoms with Crippen LogP contribution in [-0.4, -0.2) is 27.1 Å². The molecule has 0 spiro atoms. The van der Waals surface area contributed by atoms with Gasteiger partial charge in [-0.1, -0.05) is 26.0 Å². The van der Waals surface area contributed by atoms with E-state index in [2.05, 4.69) is 5.32 Å². The topological polar surface area (TPSA) is 56.1 Å². The third-order valence-corrected chi connectivity index (χ3v) is 2.31. The van der Waals surface area contributed by atoms with Crippen molar-refractivity contribution in [3.05, 3.63) is 35.4 Å². The summed E-state index contributed by atoms with van der Waals surface area (Å²) in [5.74, 6) is -0.371. The summed E-state index contributed by atoms with van der Waals surface area (Å²) in [4.78, 5) is 13.3. The molecular formula is C15H21N3O. The van der Waals surface area contributed by atoms with Crippen LogP contribution in [0.5, 0.6) is 0 Å². The molecule has 0 unspecified atom stereocenters. The Bertz CT molecular complexity index is 467. The van der Waals surface area contributed by atoms with Crippen molar-refractivity contribution in [1.29, 1.82) is 5.26 Å². The van der Waals surface area contributed by atoms with Gasteiger partial charge in [0.15, 0.2) is 0 Å². The van der Waals surface area contributed by atoms with Gasteiger partial charge < -0.3 is 10.2 Å². The highest BCUT2D eigenvalue weighted by Gasteiger charge is 2.05. The molecular weight excluding hydrogens is 238 g/mol. The maximum absolute atomic E-state index is 11.3. The lowest BCUT2D eigenvalue weighted by molar-refractivity contribution is -0.116. The van der Waals surface area contributed by atoms with Gasteiger partial charge in [-0.2, -0.15) is 5.26 Å². The van der Waals surface area contributed by atoms with Crippen LogP contribution < -0.4 is 10.2 Å². The van der Waals surface area contributed by atoms with E-state index in [1.807, 2.05) is 63.2 Å². The monoisotopic (exact) mass is 259 g/mol.